The molecule has 0 bridgehead atoms. The largest absolute Gasteiger partial charge is 0.369 e. The Bertz CT molecular complexity index is 923. The molecule has 6 heteroatoms. The summed E-state index contributed by atoms with van der Waals surface area (Å²) in [5, 5.41) is 4.27. The molecule has 0 fully saturated rings. The average Bonchev–Trinajstić information content (AvgIpc) is 2.98. The van der Waals surface area contributed by atoms with E-state index in [-0.39, 0.29) is 5.56 Å². The zero-order chi connectivity index (χ0) is 17.3. The average molecular weight is 325 g/mol. The van der Waals surface area contributed by atoms with Crippen LogP contribution in [0.5, 0.6) is 0 Å². The number of nitrogens with one attached hydrogen (secondary N) is 3. The molecule has 0 atom stereocenters. The molecular formula is C18H23N5O. The van der Waals surface area contributed by atoms with Crippen molar-refractivity contribution in [1.29, 1.82) is 0 Å². The second-order valence-electron chi connectivity index (χ2n) is 6.35. The molecule has 0 saturated heterocycles. The normalized spacial score (nSPS) is 11.4. The number of pyridine rings is 2. The number of nitrogens with zero attached hydrogens (tertiary/aromatic N) is 2. The van der Waals surface area contributed by atoms with Crippen molar-refractivity contribution in [2.45, 2.75) is 13.8 Å². The van der Waals surface area contributed by atoms with Gasteiger partial charge in [0.25, 0.3) is 5.56 Å². The zero-order valence-electron chi connectivity index (χ0n) is 14.5. The summed E-state index contributed by atoms with van der Waals surface area (Å²) in [7, 11) is 4.06. The summed E-state index contributed by atoms with van der Waals surface area (Å²) in [6.07, 6.45) is 1.85. The molecule has 0 spiro atoms. The van der Waals surface area contributed by atoms with E-state index in [9.17, 15) is 4.79 Å². The Hall–Kier alpha value is -2.60. The summed E-state index contributed by atoms with van der Waals surface area (Å²) < 4.78 is 0. The van der Waals surface area contributed by atoms with Gasteiger partial charge in [0.15, 0.2) is 0 Å². The van der Waals surface area contributed by atoms with Crippen LogP contribution in [0.1, 0.15) is 11.3 Å². The first-order valence-corrected chi connectivity index (χ1v) is 8.03. The summed E-state index contributed by atoms with van der Waals surface area (Å²) in [6, 6.07) is 5.85. The lowest BCUT2D eigenvalue weighted by molar-refractivity contribution is 0.425. The Labute approximate surface area is 140 Å². The molecule has 0 aliphatic rings. The van der Waals surface area contributed by atoms with Crippen LogP contribution in [0.15, 0.2) is 29.2 Å². The second kappa shape index (κ2) is 6.49. The van der Waals surface area contributed by atoms with Crippen LogP contribution in [0.3, 0.4) is 0 Å². The minimum absolute atomic E-state index is 0.0777. The van der Waals surface area contributed by atoms with E-state index in [2.05, 4.69) is 25.2 Å². The van der Waals surface area contributed by atoms with E-state index in [1.54, 1.807) is 0 Å². The fourth-order valence-electron chi connectivity index (χ4n) is 2.69. The number of aromatic nitrogens is 3. The first-order chi connectivity index (χ1) is 11.5. The van der Waals surface area contributed by atoms with Crippen molar-refractivity contribution in [1.82, 2.24) is 19.9 Å². The van der Waals surface area contributed by atoms with Gasteiger partial charge >= 0.3 is 0 Å². The van der Waals surface area contributed by atoms with E-state index in [0.29, 0.717) is 5.56 Å². The Morgan fingerprint density at radius 1 is 1.21 bits per heavy atom. The molecule has 3 aromatic rings. The van der Waals surface area contributed by atoms with Crippen LogP contribution in [-0.2, 0) is 0 Å². The van der Waals surface area contributed by atoms with Gasteiger partial charge in [-0.3, -0.25) is 4.79 Å². The maximum atomic E-state index is 12.5. The van der Waals surface area contributed by atoms with Crippen LogP contribution < -0.4 is 10.9 Å². The topological polar surface area (TPSA) is 76.8 Å². The molecule has 3 aromatic heterocycles. The number of rotatable bonds is 5. The maximum absolute atomic E-state index is 12.5. The third-order valence-corrected chi connectivity index (χ3v) is 4.18. The molecule has 0 aliphatic carbocycles. The van der Waals surface area contributed by atoms with Crippen LogP contribution in [-0.4, -0.2) is 47.0 Å². The van der Waals surface area contributed by atoms with E-state index in [4.69, 9.17) is 0 Å². The molecule has 3 rings (SSSR count). The summed E-state index contributed by atoms with van der Waals surface area (Å²) in [4.78, 5) is 25.2. The van der Waals surface area contributed by atoms with E-state index >= 15 is 0 Å². The van der Waals surface area contributed by atoms with Crippen molar-refractivity contribution in [3.63, 3.8) is 0 Å². The van der Waals surface area contributed by atoms with E-state index < -0.39 is 0 Å². The third-order valence-electron chi connectivity index (χ3n) is 4.18. The molecular weight excluding hydrogens is 302 g/mol. The Balaban J connectivity index is 2.08. The zero-order valence-corrected chi connectivity index (χ0v) is 14.5. The van der Waals surface area contributed by atoms with Gasteiger partial charge in [-0.25, -0.2) is 4.98 Å². The molecule has 0 amide bonds. The summed E-state index contributed by atoms with van der Waals surface area (Å²) in [5.74, 6) is 0.763. The van der Waals surface area contributed by atoms with Gasteiger partial charge in [-0.1, -0.05) is 0 Å². The highest BCUT2D eigenvalue weighted by molar-refractivity contribution is 5.94. The van der Waals surface area contributed by atoms with E-state index in [1.165, 1.54) is 0 Å². The van der Waals surface area contributed by atoms with Gasteiger partial charge in [-0.15, -0.1) is 0 Å². The van der Waals surface area contributed by atoms with Crippen LogP contribution >= 0.6 is 0 Å². The highest BCUT2D eigenvalue weighted by Crippen LogP contribution is 2.28. The number of anilines is 1. The van der Waals surface area contributed by atoms with Gasteiger partial charge in [-0.2, -0.15) is 0 Å². The number of aromatic amines is 2. The molecule has 24 heavy (non-hydrogen) atoms. The van der Waals surface area contributed by atoms with Crippen LogP contribution in [0, 0.1) is 13.8 Å². The fraction of sp³-hybridized carbons (Fsp3) is 0.333. The van der Waals surface area contributed by atoms with Crippen molar-refractivity contribution in [3.05, 3.63) is 46.0 Å². The van der Waals surface area contributed by atoms with Crippen molar-refractivity contribution in [3.8, 4) is 11.1 Å². The lowest BCUT2D eigenvalue weighted by Gasteiger charge is -2.12. The monoisotopic (exact) mass is 325 g/mol. The smallest absolute Gasteiger partial charge is 0.256 e. The maximum Gasteiger partial charge on any atom is 0.256 e. The van der Waals surface area contributed by atoms with Crippen LogP contribution in [0.4, 0.5) is 5.82 Å². The fourth-order valence-corrected chi connectivity index (χ4v) is 2.69. The van der Waals surface area contributed by atoms with E-state index in [0.717, 1.165) is 46.8 Å². The van der Waals surface area contributed by atoms with Crippen molar-refractivity contribution in [2.24, 2.45) is 0 Å². The van der Waals surface area contributed by atoms with Crippen molar-refractivity contribution < 1.29 is 0 Å². The quantitative estimate of drug-likeness (QED) is 0.674. The standard InChI is InChI=1S/C18H23N5O/c1-11-9-15(18(24)21-12(11)2)14-10-16(19-7-8-23(3)4)22-17-13(14)5-6-20-17/h5-6,9-10H,7-8H2,1-4H3,(H,21,24)(H2,19,20,22). The SMILES string of the molecule is Cc1cc(-c2cc(NCCN(C)C)nc3[nH]ccc23)c(=O)[nH]c1C. The van der Waals surface area contributed by atoms with Gasteiger partial charge < -0.3 is 20.2 Å². The molecule has 3 N–H and O–H groups in total. The third kappa shape index (κ3) is 3.19. The highest BCUT2D eigenvalue weighted by atomic mass is 16.1. The molecule has 0 radical (unpaired) electrons. The van der Waals surface area contributed by atoms with Crippen molar-refractivity contribution >= 4 is 16.9 Å². The van der Waals surface area contributed by atoms with Gasteiger partial charge in [0, 0.05) is 41.5 Å². The number of hydrogen-bond acceptors (Lipinski definition) is 4. The molecule has 3 heterocycles. The lowest BCUT2D eigenvalue weighted by atomic mass is 10.0. The lowest BCUT2D eigenvalue weighted by Crippen LogP contribution is -2.21. The summed E-state index contributed by atoms with van der Waals surface area (Å²) in [6.45, 7) is 5.60. The van der Waals surface area contributed by atoms with Gasteiger partial charge in [0.1, 0.15) is 11.5 Å². The number of fused-ring (bicyclic) bond motifs is 1. The van der Waals surface area contributed by atoms with Gasteiger partial charge in [-0.05, 0) is 51.7 Å². The number of H-pyrrole nitrogens is 2. The highest BCUT2D eigenvalue weighted by Gasteiger charge is 2.13. The first kappa shape index (κ1) is 16.3. The molecule has 0 aromatic carbocycles. The van der Waals surface area contributed by atoms with Gasteiger partial charge in [0.05, 0.1) is 0 Å². The van der Waals surface area contributed by atoms with Crippen LogP contribution in [0.25, 0.3) is 22.2 Å². The van der Waals surface area contributed by atoms with E-state index in [1.807, 2.05) is 52.3 Å². The minimum Gasteiger partial charge on any atom is -0.369 e. The predicted octanol–water partition coefficient (Wildman–Crippen LogP) is 2.51. The first-order valence-electron chi connectivity index (χ1n) is 8.03. The Morgan fingerprint density at radius 2 is 2.00 bits per heavy atom. The molecule has 6 nitrogen and oxygen atoms in total. The molecule has 0 saturated carbocycles. The summed E-state index contributed by atoms with van der Waals surface area (Å²) in [5.41, 5.74) is 4.21. The number of hydrogen-bond donors (Lipinski definition) is 3. The number of likely N-dealkylation sites (N-methyl/N-ethyl adjacent to an activating group) is 1. The van der Waals surface area contributed by atoms with Crippen LogP contribution in [0.2, 0.25) is 0 Å². The van der Waals surface area contributed by atoms with Crippen molar-refractivity contribution in [2.75, 3.05) is 32.5 Å². The summed E-state index contributed by atoms with van der Waals surface area (Å²) >= 11 is 0. The minimum atomic E-state index is -0.0777. The Kier molecular flexibility index (Phi) is 4.40. The van der Waals surface area contributed by atoms with Gasteiger partial charge in [0.2, 0.25) is 0 Å². The number of aryl methyl sites for hydroxylation is 2. The molecule has 0 aliphatic heterocycles. The molecule has 0 unspecified atom stereocenters. The molecule has 126 valence electrons. The Morgan fingerprint density at radius 3 is 2.75 bits per heavy atom. The predicted molar refractivity (Wildman–Crippen MR) is 98.7 cm³/mol. The second-order valence-corrected chi connectivity index (χ2v) is 6.35.